The number of benzene rings is 1. The summed E-state index contributed by atoms with van der Waals surface area (Å²) >= 11 is 0. The average molecular weight is 365 g/mol. The summed E-state index contributed by atoms with van der Waals surface area (Å²) in [7, 11) is -2.21. The van der Waals surface area contributed by atoms with Gasteiger partial charge in [0.15, 0.2) is 0 Å². The summed E-state index contributed by atoms with van der Waals surface area (Å²) in [6.45, 7) is 14.3. The van der Waals surface area contributed by atoms with Crippen LogP contribution >= 0.6 is 0 Å². The summed E-state index contributed by atoms with van der Waals surface area (Å²) in [6, 6.07) is 11.1. The van der Waals surface area contributed by atoms with E-state index in [-0.39, 0.29) is 5.22 Å². The molecule has 0 N–H and O–H groups in total. The van der Waals surface area contributed by atoms with Gasteiger partial charge in [0.1, 0.15) is 5.22 Å². The van der Waals surface area contributed by atoms with Crippen LogP contribution in [0.3, 0.4) is 0 Å². The smallest absolute Gasteiger partial charge is 0.371 e. The van der Waals surface area contributed by atoms with E-state index in [0.29, 0.717) is 0 Å². The van der Waals surface area contributed by atoms with E-state index in [0.717, 1.165) is 38.7 Å². The second-order valence-electron chi connectivity index (χ2n) is 6.22. The van der Waals surface area contributed by atoms with E-state index in [4.69, 9.17) is 13.6 Å². The van der Waals surface area contributed by atoms with Crippen molar-refractivity contribution in [1.82, 2.24) is 0 Å². The number of hydrogen-bond acceptors (Lipinski definition) is 3. The van der Waals surface area contributed by atoms with Gasteiger partial charge in [-0.2, -0.15) is 0 Å². The summed E-state index contributed by atoms with van der Waals surface area (Å²) in [5.41, 5.74) is 1.17. The molecule has 1 unspecified atom stereocenters. The predicted molar refractivity (Wildman–Crippen MR) is 109 cm³/mol. The SMILES string of the molecule is C=Cc1ccccc1.CCOC1(CC)CCCC[Si]1(OCC)OCC. The fourth-order valence-electron chi connectivity index (χ4n) is 3.70. The van der Waals surface area contributed by atoms with Crippen LogP contribution in [0.2, 0.25) is 6.04 Å². The van der Waals surface area contributed by atoms with Crippen molar-refractivity contribution in [2.75, 3.05) is 19.8 Å². The van der Waals surface area contributed by atoms with Crippen molar-refractivity contribution in [3.05, 3.63) is 42.5 Å². The summed E-state index contributed by atoms with van der Waals surface area (Å²) in [6.07, 6.45) is 6.40. The van der Waals surface area contributed by atoms with E-state index < -0.39 is 8.56 Å². The highest BCUT2D eigenvalue weighted by atomic mass is 28.4. The van der Waals surface area contributed by atoms with Crippen LogP contribution in [0.1, 0.15) is 58.9 Å². The molecular formula is C21H36O3Si. The van der Waals surface area contributed by atoms with Crippen LogP contribution in [0.4, 0.5) is 0 Å². The molecular weight excluding hydrogens is 328 g/mol. The van der Waals surface area contributed by atoms with Gasteiger partial charge in [0.25, 0.3) is 0 Å². The second kappa shape index (κ2) is 11.6. The third-order valence-electron chi connectivity index (χ3n) is 4.81. The molecule has 0 aliphatic carbocycles. The van der Waals surface area contributed by atoms with Crippen LogP contribution in [0.5, 0.6) is 0 Å². The second-order valence-corrected chi connectivity index (χ2v) is 9.72. The Labute approximate surface area is 155 Å². The van der Waals surface area contributed by atoms with Crippen molar-refractivity contribution in [3.8, 4) is 0 Å². The monoisotopic (exact) mass is 364 g/mol. The van der Waals surface area contributed by atoms with Crippen molar-refractivity contribution >= 4 is 14.6 Å². The van der Waals surface area contributed by atoms with Gasteiger partial charge in [-0.25, -0.2) is 0 Å². The van der Waals surface area contributed by atoms with E-state index in [1.807, 2.05) is 36.4 Å². The molecule has 1 aromatic rings. The molecule has 1 aromatic carbocycles. The fraction of sp³-hybridized carbons (Fsp3) is 0.619. The molecule has 1 aliphatic rings. The first-order valence-electron chi connectivity index (χ1n) is 9.73. The van der Waals surface area contributed by atoms with Crippen LogP contribution in [-0.4, -0.2) is 33.6 Å². The van der Waals surface area contributed by atoms with Gasteiger partial charge in [-0.15, -0.1) is 0 Å². The molecule has 0 bridgehead atoms. The third kappa shape index (κ3) is 5.78. The molecule has 1 fully saturated rings. The highest BCUT2D eigenvalue weighted by Gasteiger charge is 2.58. The van der Waals surface area contributed by atoms with Crippen molar-refractivity contribution in [2.45, 2.75) is 64.6 Å². The molecule has 3 nitrogen and oxygen atoms in total. The highest BCUT2D eigenvalue weighted by molar-refractivity contribution is 6.70. The number of rotatable bonds is 8. The molecule has 1 heterocycles. The molecule has 1 atom stereocenters. The Morgan fingerprint density at radius 2 is 1.64 bits per heavy atom. The highest BCUT2D eigenvalue weighted by Crippen LogP contribution is 2.42. The quantitative estimate of drug-likeness (QED) is 0.551. The normalized spacial score (nSPS) is 21.9. The Balaban J connectivity index is 0.000000324. The molecule has 0 radical (unpaired) electrons. The molecule has 1 saturated heterocycles. The third-order valence-corrected chi connectivity index (χ3v) is 9.47. The van der Waals surface area contributed by atoms with E-state index in [1.54, 1.807) is 0 Å². The maximum absolute atomic E-state index is 6.16. The van der Waals surface area contributed by atoms with Crippen LogP contribution in [0, 0.1) is 0 Å². The molecule has 4 heteroatoms. The molecule has 25 heavy (non-hydrogen) atoms. The van der Waals surface area contributed by atoms with E-state index >= 15 is 0 Å². The predicted octanol–water partition coefficient (Wildman–Crippen LogP) is 5.74. The van der Waals surface area contributed by atoms with Crippen molar-refractivity contribution in [3.63, 3.8) is 0 Å². The van der Waals surface area contributed by atoms with Crippen LogP contribution in [0.25, 0.3) is 6.08 Å². The Kier molecular flexibility index (Phi) is 10.3. The Hall–Kier alpha value is -0.943. The zero-order chi connectivity index (χ0) is 18.6. The molecule has 142 valence electrons. The number of ether oxygens (including phenoxy) is 1. The molecule has 0 aromatic heterocycles. The van der Waals surface area contributed by atoms with Gasteiger partial charge in [0.05, 0.1) is 0 Å². The van der Waals surface area contributed by atoms with Gasteiger partial charge < -0.3 is 13.6 Å². The topological polar surface area (TPSA) is 27.7 Å². The molecule has 0 saturated carbocycles. The summed E-state index contributed by atoms with van der Waals surface area (Å²) in [4.78, 5) is 0. The lowest BCUT2D eigenvalue weighted by molar-refractivity contribution is -0.0426. The van der Waals surface area contributed by atoms with Gasteiger partial charge in [-0.05, 0) is 45.2 Å². The summed E-state index contributed by atoms with van der Waals surface area (Å²) < 4.78 is 18.5. The average Bonchev–Trinajstić information content (AvgIpc) is 2.65. The number of hydrogen-bond donors (Lipinski definition) is 0. The first kappa shape index (κ1) is 22.1. The summed E-state index contributed by atoms with van der Waals surface area (Å²) in [5.74, 6) is 0. The first-order valence-corrected chi connectivity index (χ1v) is 11.7. The van der Waals surface area contributed by atoms with Gasteiger partial charge in [-0.1, -0.05) is 62.8 Å². The first-order chi connectivity index (χ1) is 12.1. The van der Waals surface area contributed by atoms with Crippen molar-refractivity contribution in [1.29, 1.82) is 0 Å². The zero-order valence-corrected chi connectivity index (χ0v) is 17.6. The van der Waals surface area contributed by atoms with Crippen molar-refractivity contribution < 1.29 is 13.6 Å². The fourth-order valence-corrected chi connectivity index (χ4v) is 8.16. The molecule has 0 amide bonds. The van der Waals surface area contributed by atoms with Crippen LogP contribution in [0.15, 0.2) is 36.9 Å². The van der Waals surface area contributed by atoms with Crippen LogP contribution < -0.4 is 0 Å². The van der Waals surface area contributed by atoms with Gasteiger partial charge in [-0.3, -0.25) is 0 Å². The standard InChI is InChI=1S/C13H28O3Si.C8H8/c1-5-13(14-6-2)11-9-10-12-17(13,15-7-3)16-8-4;1-2-8-6-4-3-5-7-8/h5-12H2,1-4H3;2-7H,1H2. The molecule has 0 spiro atoms. The van der Waals surface area contributed by atoms with Gasteiger partial charge >= 0.3 is 8.56 Å². The lowest BCUT2D eigenvalue weighted by Crippen LogP contribution is -2.65. The minimum Gasteiger partial charge on any atom is -0.393 e. The minimum absolute atomic E-state index is 0.119. The lowest BCUT2D eigenvalue weighted by Gasteiger charge is -2.49. The largest absolute Gasteiger partial charge is 0.393 e. The minimum atomic E-state index is -2.21. The van der Waals surface area contributed by atoms with Gasteiger partial charge in [0, 0.05) is 19.8 Å². The zero-order valence-electron chi connectivity index (χ0n) is 16.6. The van der Waals surface area contributed by atoms with E-state index in [9.17, 15) is 0 Å². The van der Waals surface area contributed by atoms with E-state index in [2.05, 4.69) is 34.3 Å². The maximum Gasteiger partial charge on any atom is 0.371 e. The Morgan fingerprint density at radius 3 is 2.08 bits per heavy atom. The Bertz CT molecular complexity index is 462. The van der Waals surface area contributed by atoms with E-state index in [1.165, 1.54) is 18.4 Å². The Morgan fingerprint density at radius 1 is 1.00 bits per heavy atom. The van der Waals surface area contributed by atoms with Gasteiger partial charge in [0.2, 0.25) is 0 Å². The maximum atomic E-state index is 6.16. The molecule has 1 aliphatic heterocycles. The molecule has 2 rings (SSSR count). The lowest BCUT2D eigenvalue weighted by atomic mass is 10.1. The van der Waals surface area contributed by atoms with Crippen molar-refractivity contribution in [2.24, 2.45) is 0 Å². The van der Waals surface area contributed by atoms with Crippen LogP contribution in [-0.2, 0) is 13.6 Å². The summed E-state index contributed by atoms with van der Waals surface area (Å²) in [5, 5.41) is -0.119.